The van der Waals surface area contributed by atoms with Gasteiger partial charge in [0.25, 0.3) is 5.91 Å². The molecule has 164 valence electrons. The minimum Gasteiger partial charge on any atom is -0.455 e. The average Bonchev–Trinajstić information content (AvgIpc) is 3.11. The summed E-state index contributed by atoms with van der Waals surface area (Å²) in [5.41, 5.74) is 4.30. The van der Waals surface area contributed by atoms with Crippen LogP contribution in [0.5, 0.6) is 11.5 Å². The normalized spacial score (nSPS) is 11.0. The lowest BCUT2D eigenvalue weighted by atomic mass is 10.3. The summed E-state index contributed by atoms with van der Waals surface area (Å²) in [5, 5.41) is 14.8. The largest absolute Gasteiger partial charge is 0.455 e. The maximum absolute atomic E-state index is 11.9. The molecule has 0 aliphatic heterocycles. The van der Waals surface area contributed by atoms with E-state index in [9.17, 15) is 9.59 Å². The summed E-state index contributed by atoms with van der Waals surface area (Å²) < 4.78 is 13.7. The van der Waals surface area contributed by atoms with Crippen molar-refractivity contribution < 1.29 is 19.1 Å². The molecule has 0 aliphatic carbocycles. The minimum absolute atomic E-state index is 0.0861. The summed E-state index contributed by atoms with van der Waals surface area (Å²) in [7, 11) is 1.90. The molecule has 0 unspecified atom stereocenters. The van der Waals surface area contributed by atoms with Crippen molar-refractivity contribution in [2.24, 2.45) is 12.1 Å². The number of nitrogens with zero attached hydrogens (tertiary/aromatic N) is 4. The number of hydrogen-bond donors (Lipinski definition) is 2. The molecule has 0 saturated heterocycles. The van der Waals surface area contributed by atoms with Crippen molar-refractivity contribution in [3.8, 4) is 17.6 Å². The van der Waals surface area contributed by atoms with Crippen LogP contribution in [0.1, 0.15) is 6.92 Å². The van der Waals surface area contributed by atoms with Crippen LogP contribution in [0, 0.1) is 11.3 Å². The second kappa shape index (κ2) is 10.3. The smallest absolute Gasteiger partial charge is 0.414 e. The molecule has 32 heavy (non-hydrogen) atoms. The SMILES string of the molecule is CCOC(=O)NC(=O)C(C#N)=NNc1cc(Br)c(Oc2ccc3ncn(C)c3c2)c(Br)c1. The van der Waals surface area contributed by atoms with E-state index in [0.717, 1.165) is 11.0 Å². The molecule has 0 spiro atoms. The van der Waals surface area contributed by atoms with Crippen molar-refractivity contribution in [3.05, 3.63) is 45.6 Å². The highest BCUT2D eigenvalue weighted by molar-refractivity contribution is 9.11. The number of nitrogens with one attached hydrogen (secondary N) is 2. The summed E-state index contributed by atoms with van der Waals surface area (Å²) in [6.45, 7) is 1.67. The van der Waals surface area contributed by atoms with Gasteiger partial charge in [0.1, 0.15) is 11.8 Å². The number of hydrogen-bond acceptors (Lipinski definition) is 8. The summed E-state index contributed by atoms with van der Waals surface area (Å²) in [6, 6.07) is 10.5. The lowest BCUT2D eigenvalue weighted by Gasteiger charge is -2.12. The topological polar surface area (TPSA) is 131 Å². The van der Waals surface area contributed by atoms with Gasteiger partial charge in [0.15, 0.2) is 5.75 Å². The van der Waals surface area contributed by atoms with E-state index in [1.807, 2.05) is 35.1 Å². The number of halogens is 2. The number of nitriles is 1. The maximum Gasteiger partial charge on any atom is 0.414 e. The van der Waals surface area contributed by atoms with Crippen molar-refractivity contribution in [1.29, 1.82) is 5.26 Å². The molecule has 12 heteroatoms. The molecule has 0 fully saturated rings. The first kappa shape index (κ1) is 23.2. The Morgan fingerprint density at radius 1 is 1.25 bits per heavy atom. The van der Waals surface area contributed by atoms with E-state index >= 15 is 0 Å². The Labute approximate surface area is 199 Å². The Morgan fingerprint density at radius 3 is 2.62 bits per heavy atom. The third-order valence-electron chi connectivity index (χ3n) is 4.02. The predicted molar refractivity (Wildman–Crippen MR) is 124 cm³/mol. The van der Waals surface area contributed by atoms with Gasteiger partial charge < -0.3 is 14.0 Å². The molecular formula is C20H16Br2N6O4. The number of amides is 2. The number of ether oxygens (including phenoxy) is 2. The number of alkyl carbamates (subject to hydrolysis) is 1. The molecule has 0 atom stereocenters. The molecule has 1 aromatic heterocycles. The third kappa shape index (κ3) is 5.43. The number of imide groups is 1. The fourth-order valence-electron chi connectivity index (χ4n) is 2.58. The van der Waals surface area contributed by atoms with E-state index in [2.05, 4.69) is 52.1 Å². The number of rotatable bonds is 6. The zero-order chi connectivity index (χ0) is 23.3. The number of aromatic nitrogens is 2. The van der Waals surface area contributed by atoms with Gasteiger partial charge in [-0.3, -0.25) is 15.5 Å². The van der Waals surface area contributed by atoms with Crippen LogP contribution in [0.3, 0.4) is 0 Å². The number of benzene rings is 2. The first-order valence-electron chi connectivity index (χ1n) is 9.12. The number of hydrazone groups is 1. The molecule has 3 rings (SSSR count). The Balaban J connectivity index is 1.76. The quantitative estimate of drug-likeness (QED) is 0.334. The van der Waals surface area contributed by atoms with E-state index in [4.69, 9.17) is 10.00 Å². The molecule has 1 heterocycles. The Bertz CT molecular complexity index is 1240. The zero-order valence-electron chi connectivity index (χ0n) is 16.8. The van der Waals surface area contributed by atoms with Crippen LogP contribution in [-0.2, 0) is 16.6 Å². The number of fused-ring (bicyclic) bond motifs is 1. The zero-order valence-corrected chi connectivity index (χ0v) is 20.0. The van der Waals surface area contributed by atoms with Gasteiger partial charge in [-0.1, -0.05) is 0 Å². The number of carbonyl (C=O) groups is 2. The number of carbonyl (C=O) groups excluding carboxylic acids is 2. The number of aryl methyl sites for hydroxylation is 1. The average molecular weight is 564 g/mol. The van der Waals surface area contributed by atoms with Gasteiger partial charge in [0.2, 0.25) is 5.71 Å². The van der Waals surface area contributed by atoms with Crippen LogP contribution in [-0.4, -0.2) is 33.9 Å². The van der Waals surface area contributed by atoms with Gasteiger partial charge >= 0.3 is 6.09 Å². The van der Waals surface area contributed by atoms with Gasteiger partial charge in [-0.05, 0) is 63.0 Å². The molecule has 0 radical (unpaired) electrons. The van der Waals surface area contributed by atoms with Crippen molar-refractivity contribution in [2.45, 2.75) is 6.92 Å². The maximum atomic E-state index is 11.9. The van der Waals surface area contributed by atoms with Gasteiger partial charge in [0.05, 0.1) is 38.6 Å². The monoisotopic (exact) mass is 562 g/mol. The molecule has 0 saturated carbocycles. The van der Waals surface area contributed by atoms with Gasteiger partial charge in [-0.25, -0.2) is 9.78 Å². The lowest BCUT2D eigenvalue weighted by molar-refractivity contribution is -0.114. The standard InChI is InChI=1S/C20H16Br2N6O4/c1-3-31-20(30)25-19(29)16(9-23)27-26-11-6-13(21)18(14(22)7-11)32-12-4-5-15-17(8-12)28(2)10-24-15/h4-8,10,26H,3H2,1-2H3,(H,25,29,30). The summed E-state index contributed by atoms with van der Waals surface area (Å²) >= 11 is 6.90. The van der Waals surface area contributed by atoms with E-state index in [1.54, 1.807) is 31.5 Å². The molecule has 2 N–H and O–H groups in total. The van der Waals surface area contributed by atoms with Crippen LogP contribution < -0.4 is 15.5 Å². The van der Waals surface area contributed by atoms with Crippen LogP contribution in [0.15, 0.2) is 50.7 Å². The Kier molecular flexibility index (Phi) is 7.45. The highest BCUT2D eigenvalue weighted by Gasteiger charge is 2.16. The molecular weight excluding hydrogens is 548 g/mol. The number of imidazole rings is 1. The van der Waals surface area contributed by atoms with Crippen LogP contribution in [0.2, 0.25) is 0 Å². The van der Waals surface area contributed by atoms with Gasteiger partial charge in [-0.2, -0.15) is 10.4 Å². The Hall–Kier alpha value is -3.43. The molecule has 0 aliphatic rings. The predicted octanol–water partition coefficient (Wildman–Crippen LogP) is 4.45. The van der Waals surface area contributed by atoms with Crippen molar-refractivity contribution in [3.63, 3.8) is 0 Å². The second-order valence-corrected chi connectivity index (χ2v) is 7.94. The summed E-state index contributed by atoms with van der Waals surface area (Å²) in [4.78, 5) is 27.5. The first-order chi connectivity index (χ1) is 15.3. The first-order valence-corrected chi connectivity index (χ1v) is 10.7. The Morgan fingerprint density at radius 2 is 1.97 bits per heavy atom. The summed E-state index contributed by atoms with van der Waals surface area (Å²) in [5.74, 6) is 0.146. The molecule has 2 aromatic carbocycles. The van der Waals surface area contributed by atoms with Crippen molar-refractivity contribution in [1.82, 2.24) is 14.9 Å². The number of anilines is 1. The fraction of sp³-hybridized carbons (Fsp3) is 0.150. The molecule has 2 amide bonds. The minimum atomic E-state index is -0.984. The van der Waals surface area contributed by atoms with Crippen LogP contribution in [0.25, 0.3) is 11.0 Å². The van der Waals surface area contributed by atoms with Gasteiger partial charge in [0, 0.05) is 13.1 Å². The highest BCUT2D eigenvalue weighted by Crippen LogP contribution is 2.39. The molecule has 10 nitrogen and oxygen atoms in total. The van der Waals surface area contributed by atoms with Crippen molar-refractivity contribution >= 4 is 66.3 Å². The van der Waals surface area contributed by atoms with E-state index < -0.39 is 17.7 Å². The van der Waals surface area contributed by atoms with E-state index in [-0.39, 0.29) is 6.61 Å². The van der Waals surface area contributed by atoms with E-state index in [0.29, 0.717) is 26.1 Å². The third-order valence-corrected chi connectivity index (χ3v) is 5.20. The molecule has 0 bridgehead atoms. The van der Waals surface area contributed by atoms with Gasteiger partial charge in [-0.15, -0.1) is 0 Å². The van der Waals surface area contributed by atoms with Crippen molar-refractivity contribution in [2.75, 3.05) is 12.0 Å². The van der Waals surface area contributed by atoms with Crippen LogP contribution >= 0.6 is 31.9 Å². The second-order valence-electron chi connectivity index (χ2n) is 6.24. The highest BCUT2D eigenvalue weighted by atomic mass is 79.9. The molecule has 3 aromatic rings. The fourth-order valence-corrected chi connectivity index (χ4v) is 3.92. The lowest BCUT2D eigenvalue weighted by Crippen LogP contribution is -2.36. The van der Waals surface area contributed by atoms with Crippen LogP contribution in [0.4, 0.5) is 10.5 Å². The van der Waals surface area contributed by atoms with E-state index in [1.165, 1.54) is 0 Å². The summed E-state index contributed by atoms with van der Waals surface area (Å²) in [6.07, 6.45) is 0.765.